The summed E-state index contributed by atoms with van der Waals surface area (Å²) in [4.78, 5) is 34.8. The van der Waals surface area contributed by atoms with Crippen LogP contribution in [0.4, 0.5) is 0 Å². The van der Waals surface area contributed by atoms with Crippen LogP contribution in [0.25, 0.3) is 0 Å². The smallest absolute Gasteiger partial charge is 0.325 e. The molecule has 1 saturated heterocycles. The molecule has 0 radical (unpaired) electrons. The van der Waals surface area contributed by atoms with Gasteiger partial charge in [0.1, 0.15) is 36.5 Å². The molecule has 1 aliphatic rings. The second-order valence-electron chi connectivity index (χ2n) is 8.51. The van der Waals surface area contributed by atoms with Crippen molar-refractivity contribution in [3.63, 3.8) is 0 Å². The van der Waals surface area contributed by atoms with Gasteiger partial charge in [-0.15, -0.1) is 0 Å². The van der Waals surface area contributed by atoms with Crippen LogP contribution in [0, 0.1) is 0 Å². The normalized spacial score (nSPS) is 29.6. The topological polar surface area (TPSA) is 244 Å². The van der Waals surface area contributed by atoms with Gasteiger partial charge in [-0.1, -0.05) is 6.42 Å². The second-order valence-corrected chi connectivity index (χ2v) is 8.51. The lowest BCUT2D eigenvalue weighted by Crippen LogP contribution is -2.65. The van der Waals surface area contributed by atoms with Gasteiger partial charge in [0.2, 0.25) is 11.8 Å². The Morgan fingerprint density at radius 1 is 1.00 bits per heavy atom. The minimum Gasteiger partial charge on any atom is -0.480 e. The van der Waals surface area contributed by atoms with Gasteiger partial charge >= 0.3 is 5.97 Å². The Bertz CT molecular complexity index is 682. The minimum absolute atomic E-state index is 0.114. The van der Waals surface area contributed by atoms with Gasteiger partial charge < -0.3 is 57.1 Å². The van der Waals surface area contributed by atoms with Gasteiger partial charge in [0, 0.05) is 13.0 Å². The molecule has 14 nitrogen and oxygen atoms in total. The Hall–Kier alpha value is -1.91. The maximum absolute atomic E-state index is 12.1. The molecule has 0 aromatic carbocycles. The van der Waals surface area contributed by atoms with Crippen molar-refractivity contribution in [3.8, 4) is 0 Å². The molecule has 1 aliphatic heterocycles. The average Bonchev–Trinajstić information content (AvgIpc) is 2.79. The molecule has 0 bridgehead atoms. The molecule has 1 fully saturated rings. The largest absolute Gasteiger partial charge is 0.480 e. The third-order valence-corrected chi connectivity index (χ3v) is 5.65. The lowest BCUT2D eigenvalue weighted by atomic mass is 9.91. The first-order valence-electron chi connectivity index (χ1n) is 11.2. The van der Waals surface area contributed by atoms with Gasteiger partial charge in [-0.3, -0.25) is 14.4 Å². The van der Waals surface area contributed by atoms with Gasteiger partial charge in [0.15, 0.2) is 5.79 Å². The van der Waals surface area contributed by atoms with Crippen LogP contribution >= 0.6 is 0 Å². The quantitative estimate of drug-likeness (QED) is 0.103. The van der Waals surface area contributed by atoms with Crippen molar-refractivity contribution in [2.45, 2.75) is 87.9 Å². The number of hydrogen-bond acceptors (Lipinski definition) is 11. The molecule has 2 amide bonds. The maximum atomic E-state index is 12.1. The molecule has 0 aromatic heterocycles. The number of carboxylic acid groups (broad SMARTS) is 1. The highest BCUT2D eigenvalue weighted by Gasteiger charge is 2.52. The van der Waals surface area contributed by atoms with Crippen LogP contribution in [0.5, 0.6) is 0 Å². The highest BCUT2D eigenvalue weighted by atomic mass is 16.7. The van der Waals surface area contributed by atoms with Gasteiger partial charge in [-0.25, -0.2) is 0 Å². The first-order chi connectivity index (χ1) is 15.8. The zero-order chi connectivity index (χ0) is 26.1. The Morgan fingerprint density at radius 2 is 1.62 bits per heavy atom. The number of carbonyl (C=O) groups excluding carboxylic acids is 2. The van der Waals surface area contributed by atoms with E-state index in [-0.39, 0.29) is 13.0 Å². The molecule has 8 atom stereocenters. The van der Waals surface area contributed by atoms with E-state index in [1.54, 1.807) is 0 Å². The predicted octanol–water partition coefficient (Wildman–Crippen LogP) is -4.28. The van der Waals surface area contributed by atoms with Crippen LogP contribution in [-0.2, 0) is 19.1 Å². The van der Waals surface area contributed by atoms with Crippen LogP contribution in [0.1, 0.15) is 39.5 Å². The van der Waals surface area contributed by atoms with E-state index >= 15 is 0 Å². The van der Waals surface area contributed by atoms with Crippen molar-refractivity contribution in [1.29, 1.82) is 0 Å². The van der Waals surface area contributed by atoms with Crippen molar-refractivity contribution in [1.82, 2.24) is 16.0 Å². The van der Waals surface area contributed by atoms with Gasteiger partial charge in [-0.2, -0.15) is 0 Å². The number of aliphatic hydroxyl groups is 5. The molecule has 0 aromatic rings. The first kappa shape index (κ1) is 30.1. The van der Waals surface area contributed by atoms with Crippen molar-refractivity contribution >= 4 is 17.8 Å². The van der Waals surface area contributed by atoms with E-state index < -0.39 is 72.7 Å². The Labute approximate surface area is 197 Å². The molecule has 0 spiro atoms. The molecular weight excluding hydrogens is 456 g/mol. The van der Waals surface area contributed by atoms with E-state index in [1.165, 1.54) is 13.8 Å². The zero-order valence-corrected chi connectivity index (χ0v) is 19.4. The molecule has 0 aliphatic carbocycles. The third kappa shape index (κ3) is 8.70. The number of aliphatic carboxylic acids is 1. The number of unbranched alkanes of at least 4 members (excludes halogenated alkanes) is 1. The summed E-state index contributed by atoms with van der Waals surface area (Å²) < 4.78 is 5.17. The van der Waals surface area contributed by atoms with Crippen molar-refractivity contribution in [2.24, 2.45) is 5.73 Å². The lowest BCUT2D eigenvalue weighted by Gasteiger charge is -2.45. The Balaban J connectivity index is 2.27. The highest BCUT2D eigenvalue weighted by molar-refractivity contribution is 5.91. The first-order valence-corrected chi connectivity index (χ1v) is 11.2. The van der Waals surface area contributed by atoms with Crippen molar-refractivity contribution in [2.75, 3.05) is 19.7 Å². The molecule has 1 rings (SSSR count). The monoisotopic (exact) mass is 494 g/mol. The molecule has 0 saturated carbocycles. The fourth-order valence-corrected chi connectivity index (χ4v) is 3.35. The van der Waals surface area contributed by atoms with Gasteiger partial charge in [0.25, 0.3) is 0 Å². The van der Waals surface area contributed by atoms with Crippen LogP contribution < -0.4 is 21.7 Å². The number of hydrogen-bond donors (Lipinski definition) is 10. The summed E-state index contributed by atoms with van der Waals surface area (Å²) >= 11 is 0. The molecule has 14 heteroatoms. The maximum Gasteiger partial charge on any atom is 0.325 e. The number of ether oxygens (including phenoxy) is 1. The average molecular weight is 495 g/mol. The van der Waals surface area contributed by atoms with Gasteiger partial charge in [-0.05, 0) is 33.2 Å². The summed E-state index contributed by atoms with van der Waals surface area (Å²) in [6.07, 6.45) is -4.77. The number of carbonyl (C=O) groups is 3. The number of carboxylic acids is 1. The van der Waals surface area contributed by atoms with E-state index in [1.807, 2.05) is 0 Å². The number of aliphatic hydroxyl groups excluding tert-OH is 4. The lowest BCUT2D eigenvalue weighted by molar-refractivity contribution is -0.350. The van der Waals surface area contributed by atoms with E-state index in [0.29, 0.717) is 25.8 Å². The number of amides is 2. The van der Waals surface area contributed by atoms with Gasteiger partial charge in [0.05, 0.1) is 12.6 Å². The second kappa shape index (κ2) is 13.8. The fourth-order valence-electron chi connectivity index (χ4n) is 3.35. The number of rotatable bonds is 14. The van der Waals surface area contributed by atoms with E-state index in [9.17, 15) is 39.9 Å². The molecule has 198 valence electrons. The molecular formula is C20H38N4O10. The summed E-state index contributed by atoms with van der Waals surface area (Å²) in [5.74, 6) is -4.51. The van der Waals surface area contributed by atoms with Crippen LogP contribution in [0.2, 0.25) is 0 Å². The molecule has 1 heterocycles. The fraction of sp³-hybridized carbons (Fsp3) is 0.850. The van der Waals surface area contributed by atoms with Crippen molar-refractivity contribution in [3.05, 3.63) is 0 Å². The van der Waals surface area contributed by atoms with E-state index in [4.69, 9.17) is 15.6 Å². The standard InChI is InChI=1S/C20H38N4O10/c1-10(17(29)24-11(2)19(31)32)23-18(30)12(21)5-3-4-7-22-8-6-20(33)16(28)15(27)14(26)13(9-25)34-20/h10-16,22,25-28,33H,3-9,21H2,1-2H3,(H,23,30)(H,24,29)(H,31,32)/t10-,11-,12-,13+,14-,15-,16+,20?/m0/s1. The molecule has 34 heavy (non-hydrogen) atoms. The molecule has 11 N–H and O–H groups in total. The Kier molecular flexibility index (Phi) is 12.3. The summed E-state index contributed by atoms with van der Waals surface area (Å²) in [5, 5.41) is 65.7. The molecule has 1 unspecified atom stereocenters. The number of nitrogens with one attached hydrogen (secondary N) is 3. The zero-order valence-electron chi connectivity index (χ0n) is 19.4. The predicted molar refractivity (Wildman–Crippen MR) is 117 cm³/mol. The van der Waals surface area contributed by atoms with Crippen LogP contribution in [0.15, 0.2) is 0 Å². The van der Waals surface area contributed by atoms with E-state index in [2.05, 4.69) is 16.0 Å². The van der Waals surface area contributed by atoms with Crippen LogP contribution in [0.3, 0.4) is 0 Å². The van der Waals surface area contributed by atoms with E-state index in [0.717, 1.165) is 0 Å². The summed E-state index contributed by atoms with van der Waals surface area (Å²) in [5.41, 5.74) is 5.84. The highest BCUT2D eigenvalue weighted by Crippen LogP contribution is 2.30. The summed E-state index contributed by atoms with van der Waals surface area (Å²) in [6.45, 7) is 2.77. The van der Waals surface area contributed by atoms with Crippen LogP contribution in [-0.4, -0.2) is 116 Å². The third-order valence-electron chi connectivity index (χ3n) is 5.65. The summed E-state index contributed by atoms with van der Waals surface area (Å²) in [7, 11) is 0. The minimum atomic E-state index is -2.13. The number of nitrogens with two attached hydrogens (primary N) is 1. The SMILES string of the molecule is C[C@H](NC(=O)[C@H](C)NC(=O)[C@@H](N)CCCCNCCC1(O)O[C@H](CO)[C@H](O)[C@H](O)[C@H]1O)C(=O)O. The summed E-state index contributed by atoms with van der Waals surface area (Å²) in [6, 6.07) is -2.90. The Morgan fingerprint density at radius 3 is 2.21 bits per heavy atom. The van der Waals surface area contributed by atoms with Crippen molar-refractivity contribution < 1.29 is 49.8 Å².